The molecule has 0 spiro atoms. The van der Waals surface area contributed by atoms with Gasteiger partial charge in [-0.3, -0.25) is 14.5 Å². The van der Waals surface area contributed by atoms with E-state index in [0.29, 0.717) is 16.8 Å². The Morgan fingerprint density at radius 2 is 1.58 bits per heavy atom. The van der Waals surface area contributed by atoms with Crippen molar-refractivity contribution in [2.75, 3.05) is 16.4 Å². The normalized spacial score (nSPS) is 19.1. The molecule has 0 atom stereocenters. The quantitative estimate of drug-likeness (QED) is 0.461. The van der Waals surface area contributed by atoms with E-state index in [-0.39, 0.29) is 35.3 Å². The van der Waals surface area contributed by atoms with E-state index in [1.165, 1.54) is 11.0 Å². The van der Waals surface area contributed by atoms with Crippen LogP contribution in [0.1, 0.15) is 43.1 Å². The van der Waals surface area contributed by atoms with E-state index >= 15 is 0 Å². The highest BCUT2D eigenvalue weighted by atomic mass is 32.2. The Labute approximate surface area is 189 Å². The Hall–Kier alpha value is -3.01. The Morgan fingerprint density at radius 3 is 2.12 bits per heavy atom. The number of Topliss-reactive ketones (excluding diaryl/α,β-unsaturated/α-hetero) is 1. The fourth-order valence-corrected chi connectivity index (χ4v) is 6.64. The Morgan fingerprint density at radius 1 is 1.00 bits per heavy atom. The van der Waals surface area contributed by atoms with Gasteiger partial charge in [0, 0.05) is 17.4 Å². The maximum atomic E-state index is 14.4. The molecule has 2 aromatic carbocycles. The molecule has 4 rings (SSSR count). The second kappa shape index (κ2) is 8.40. The summed E-state index contributed by atoms with van der Waals surface area (Å²) in [6.45, 7) is 5.30. The van der Waals surface area contributed by atoms with Crippen LogP contribution < -0.4 is 4.90 Å². The van der Waals surface area contributed by atoms with Crippen LogP contribution in [0.25, 0.3) is 0 Å². The second-order valence-electron chi connectivity index (χ2n) is 9.12. The van der Waals surface area contributed by atoms with Crippen molar-refractivity contribution < 1.29 is 36.0 Å². The maximum absolute atomic E-state index is 14.4. The lowest BCUT2D eigenvalue weighted by molar-refractivity contribution is -0.121. The van der Waals surface area contributed by atoms with Crippen molar-refractivity contribution in [3.63, 3.8) is 0 Å². The first kappa shape index (κ1) is 24.6. The summed E-state index contributed by atoms with van der Waals surface area (Å²) in [6, 6.07) is 11.1. The number of carbonyl (C=O) groups excluding carboxylic acids is 3. The molecule has 2 aliphatic heterocycles. The molecule has 0 N–H and O–H groups in total. The van der Waals surface area contributed by atoms with E-state index in [2.05, 4.69) is 0 Å². The molecule has 1 amide bonds. The zero-order chi connectivity index (χ0) is 24.8. The molecule has 0 saturated carbocycles. The molecule has 33 heavy (non-hydrogen) atoms. The molecule has 2 aliphatic rings. The third-order valence-electron chi connectivity index (χ3n) is 5.79. The molecule has 2 heterocycles. The highest BCUT2D eigenvalue weighted by Crippen LogP contribution is 2.46. The third-order valence-corrected chi connectivity index (χ3v) is 8.06. The van der Waals surface area contributed by atoms with E-state index in [0.717, 1.165) is 0 Å². The van der Waals surface area contributed by atoms with Gasteiger partial charge in [0.25, 0.3) is 0 Å². The second-order valence-corrected chi connectivity index (χ2v) is 11.2. The highest BCUT2D eigenvalue weighted by Gasteiger charge is 2.47. The van der Waals surface area contributed by atoms with Gasteiger partial charge in [-0.1, -0.05) is 19.1 Å². The lowest BCUT2D eigenvalue weighted by atomic mass is 9.83. The van der Waals surface area contributed by atoms with Gasteiger partial charge < -0.3 is 0 Å². The number of hydrogen-bond donors (Lipinski definition) is 0. The molecule has 6 nitrogen and oxygen atoms in total. The number of halogens is 3. The van der Waals surface area contributed by atoms with Gasteiger partial charge >= 0.3 is 6.29 Å². The minimum absolute atomic E-state index is 0.0156. The number of nitrogens with zero attached hydrogens (tertiary/aromatic N) is 1. The Balaban J connectivity index is 0.000000709. The summed E-state index contributed by atoms with van der Waals surface area (Å²) in [7, 11) is -3.03. The van der Waals surface area contributed by atoms with Gasteiger partial charge in [0.2, 0.25) is 5.91 Å². The van der Waals surface area contributed by atoms with Gasteiger partial charge in [-0.05, 0) is 49.7 Å². The Bertz CT molecular complexity index is 1240. The van der Waals surface area contributed by atoms with Crippen molar-refractivity contribution in [1.29, 1.82) is 0 Å². The molecule has 0 radical (unpaired) electrons. The van der Waals surface area contributed by atoms with Crippen molar-refractivity contribution >= 4 is 39.2 Å². The molecule has 1 saturated heterocycles. The van der Waals surface area contributed by atoms with Crippen LogP contribution in [0.5, 0.6) is 0 Å². The highest BCUT2D eigenvalue weighted by molar-refractivity contribution is 7.92. The van der Waals surface area contributed by atoms with E-state index < -0.39 is 32.8 Å². The van der Waals surface area contributed by atoms with Crippen LogP contribution in [-0.2, 0) is 20.0 Å². The Kier molecular flexibility index (Phi) is 6.27. The minimum Gasteiger partial charge on any atom is -0.294 e. The van der Waals surface area contributed by atoms with Crippen molar-refractivity contribution in [2.24, 2.45) is 5.41 Å². The molecule has 1 fully saturated rings. The smallest absolute Gasteiger partial charge is 0.294 e. The van der Waals surface area contributed by atoms with E-state index in [1.54, 1.807) is 57.2 Å². The summed E-state index contributed by atoms with van der Waals surface area (Å²) in [6.07, 6.45) is -2.70. The number of carbonyl (C=O) groups is 3. The minimum atomic E-state index is -3.03. The standard InChI is InChI=1S/C22H22FNO4S.CF2O/c1-21(2)15-10-14(19(25)11-22(3)12-29(27,28)13-22)8-9-17(15)24(20(21)26)18-7-5-4-6-16(18)23;2-1(3)4/h4-10H,11-13H2,1-3H3;. The molecule has 2 aromatic rings. The number of benzene rings is 2. The number of sulfone groups is 1. The van der Waals surface area contributed by atoms with Crippen molar-refractivity contribution in [3.8, 4) is 0 Å². The molecular weight excluding hydrogens is 459 g/mol. The average molecular weight is 481 g/mol. The van der Waals surface area contributed by atoms with Crippen LogP contribution in [0.3, 0.4) is 0 Å². The molecule has 176 valence electrons. The number of para-hydroxylation sites is 1. The predicted molar refractivity (Wildman–Crippen MR) is 116 cm³/mol. The summed E-state index contributed by atoms with van der Waals surface area (Å²) < 4.78 is 56.8. The first-order valence-electron chi connectivity index (χ1n) is 9.99. The number of amides is 1. The van der Waals surface area contributed by atoms with E-state index in [1.807, 2.05) is 0 Å². The van der Waals surface area contributed by atoms with Crippen LogP contribution in [-0.4, -0.2) is 37.9 Å². The number of fused-ring (bicyclic) bond motifs is 1. The fourth-order valence-electron chi connectivity index (χ4n) is 4.39. The lowest BCUT2D eigenvalue weighted by Crippen LogP contribution is -2.47. The summed E-state index contributed by atoms with van der Waals surface area (Å²) in [4.78, 5) is 35.4. The number of hydrogen-bond acceptors (Lipinski definition) is 5. The SMILES string of the molecule is CC1(CC(=O)c2ccc3c(c2)C(C)(C)C(=O)N3c2ccccc2F)CS(=O)(=O)C1.O=C(F)F. The molecule has 0 aromatic heterocycles. The molecule has 0 unspecified atom stereocenters. The lowest BCUT2D eigenvalue weighted by Gasteiger charge is -2.37. The predicted octanol–water partition coefficient (Wildman–Crippen LogP) is 4.83. The number of rotatable bonds is 4. The third kappa shape index (κ3) is 4.85. The molecule has 0 bridgehead atoms. The summed E-state index contributed by atoms with van der Waals surface area (Å²) in [5.41, 5.74) is 0.361. The zero-order valence-electron chi connectivity index (χ0n) is 18.2. The molecule has 0 aliphatic carbocycles. The monoisotopic (exact) mass is 481 g/mol. The topological polar surface area (TPSA) is 88.6 Å². The summed E-state index contributed by atoms with van der Waals surface area (Å²) >= 11 is 0. The summed E-state index contributed by atoms with van der Waals surface area (Å²) in [5.74, 6) is -0.885. The van der Waals surface area contributed by atoms with Crippen LogP contribution >= 0.6 is 0 Å². The van der Waals surface area contributed by atoms with Gasteiger partial charge in [0.15, 0.2) is 15.6 Å². The molecule has 10 heteroatoms. The largest absolute Gasteiger partial charge is 0.483 e. The van der Waals surface area contributed by atoms with Crippen LogP contribution in [0, 0.1) is 11.2 Å². The van der Waals surface area contributed by atoms with Gasteiger partial charge in [0.1, 0.15) is 5.82 Å². The molecular formula is C23H22F3NO5S. The fraction of sp³-hybridized carbons (Fsp3) is 0.348. The average Bonchev–Trinajstić information content (AvgIpc) is 2.86. The van der Waals surface area contributed by atoms with Gasteiger partial charge in [-0.2, -0.15) is 0 Å². The van der Waals surface area contributed by atoms with E-state index in [4.69, 9.17) is 4.79 Å². The van der Waals surface area contributed by atoms with E-state index in [9.17, 15) is 31.2 Å². The summed E-state index contributed by atoms with van der Waals surface area (Å²) in [5, 5.41) is 0. The van der Waals surface area contributed by atoms with Gasteiger partial charge in [-0.15, -0.1) is 8.78 Å². The van der Waals surface area contributed by atoms with Gasteiger partial charge in [-0.25, -0.2) is 17.6 Å². The van der Waals surface area contributed by atoms with Crippen LogP contribution in [0.15, 0.2) is 42.5 Å². The number of ketones is 1. The van der Waals surface area contributed by atoms with Crippen LogP contribution in [0.2, 0.25) is 0 Å². The van der Waals surface area contributed by atoms with Crippen LogP contribution in [0.4, 0.5) is 29.3 Å². The van der Waals surface area contributed by atoms with Gasteiger partial charge in [0.05, 0.1) is 28.3 Å². The number of anilines is 2. The van der Waals surface area contributed by atoms with Crippen molar-refractivity contribution in [1.82, 2.24) is 0 Å². The van der Waals surface area contributed by atoms with Crippen molar-refractivity contribution in [2.45, 2.75) is 32.6 Å². The zero-order valence-corrected chi connectivity index (χ0v) is 19.0. The maximum Gasteiger partial charge on any atom is 0.483 e. The van der Waals surface area contributed by atoms with Crippen molar-refractivity contribution in [3.05, 3.63) is 59.4 Å². The first-order valence-corrected chi connectivity index (χ1v) is 11.8. The first-order chi connectivity index (χ1) is 15.2.